The molecule has 1 heterocycles. The Kier molecular flexibility index (Phi) is 3.30. The summed E-state index contributed by atoms with van der Waals surface area (Å²) in [4.78, 5) is 17.2. The first-order chi connectivity index (χ1) is 10.1. The number of hydrogen-bond acceptors (Lipinski definition) is 2. The second-order valence-electron chi connectivity index (χ2n) is 5.47. The van der Waals surface area contributed by atoms with Gasteiger partial charge in [0.2, 0.25) is 5.78 Å². The van der Waals surface area contributed by atoms with Crippen molar-refractivity contribution in [2.45, 2.75) is 20.8 Å². The second kappa shape index (κ2) is 5.13. The van der Waals surface area contributed by atoms with Crippen LogP contribution in [0.3, 0.4) is 0 Å². The van der Waals surface area contributed by atoms with Crippen LogP contribution in [0, 0.1) is 20.8 Å². The summed E-state index contributed by atoms with van der Waals surface area (Å²) >= 11 is 0. The molecule has 21 heavy (non-hydrogen) atoms. The molecule has 2 nitrogen and oxygen atoms in total. The smallest absolute Gasteiger partial charge is 0.211 e. The lowest BCUT2D eigenvalue weighted by Crippen LogP contribution is -2.07. The van der Waals surface area contributed by atoms with Crippen molar-refractivity contribution < 1.29 is 4.79 Å². The van der Waals surface area contributed by atoms with Crippen LogP contribution in [0.2, 0.25) is 0 Å². The van der Waals surface area contributed by atoms with E-state index < -0.39 is 0 Å². The van der Waals surface area contributed by atoms with Gasteiger partial charge in [0.15, 0.2) is 0 Å². The predicted octanol–water partition coefficient (Wildman–Crippen LogP) is 4.39. The molecule has 3 rings (SSSR count). The largest absolute Gasteiger partial charge is 0.287 e. The van der Waals surface area contributed by atoms with Crippen molar-refractivity contribution in [3.8, 4) is 0 Å². The lowest BCUT2D eigenvalue weighted by atomic mass is 9.96. The number of fused-ring (bicyclic) bond motifs is 1. The molecule has 1 aromatic heterocycles. The van der Waals surface area contributed by atoms with Gasteiger partial charge in [-0.25, -0.2) is 4.98 Å². The SMILES string of the molecule is Cc1cc(C)c(C(=O)c2ccc3ccccc3n2)cc1C. The van der Waals surface area contributed by atoms with Gasteiger partial charge >= 0.3 is 0 Å². The fourth-order valence-corrected chi connectivity index (χ4v) is 2.54. The van der Waals surface area contributed by atoms with Gasteiger partial charge in [0.1, 0.15) is 5.69 Å². The normalized spacial score (nSPS) is 10.8. The fourth-order valence-electron chi connectivity index (χ4n) is 2.54. The summed E-state index contributed by atoms with van der Waals surface area (Å²) in [7, 11) is 0. The van der Waals surface area contributed by atoms with E-state index in [1.54, 1.807) is 6.07 Å². The number of aryl methyl sites for hydroxylation is 3. The average Bonchev–Trinajstić information content (AvgIpc) is 2.50. The van der Waals surface area contributed by atoms with Gasteiger partial charge in [0.25, 0.3) is 0 Å². The zero-order chi connectivity index (χ0) is 15.0. The third kappa shape index (κ3) is 2.45. The average molecular weight is 275 g/mol. The highest BCUT2D eigenvalue weighted by Gasteiger charge is 2.14. The van der Waals surface area contributed by atoms with Gasteiger partial charge in [0.05, 0.1) is 5.52 Å². The van der Waals surface area contributed by atoms with Gasteiger partial charge in [-0.2, -0.15) is 0 Å². The lowest BCUT2D eigenvalue weighted by molar-refractivity contribution is 0.103. The molecule has 2 aromatic carbocycles. The van der Waals surface area contributed by atoms with Crippen LogP contribution in [0.15, 0.2) is 48.5 Å². The van der Waals surface area contributed by atoms with E-state index in [0.717, 1.165) is 27.6 Å². The number of benzene rings is 2. The van der Waals surface area contributed by atoms with Gasteiger partial charge in [0, 0.05) is 10.9 Å². The number of carbonyl (C=O) groups is 1. The van der Waals surface area contributed by atoms with E-state index in [1.807, 2.05) is 50.2 Å². The lowest BCUT2D eigenvalue weighted by Gasteiger charge is -2.09. The minimum Gasteiger partial charge on any atom is -0.287 e. The van der Waals surface area contributed by atoms with Crippen molar-refractivity contribution in [3.05, 3.63) is 76.5 Å². The van der Waals surface area contributed by atoms with Crippen LogP contribution in [0.1, 0.15) is 32.7 Å². The molecule has 0 fully saturated rings. The maximum atomic E-state index is 12.7. The summed E-state index contributed by atoms with van der Waals surface area (Å²) in [6.07, 6.45) is 0. The van der Waals surface area contributed by atoms with Crippen molar-refractivity contribution in [2.24, 2.45) is 0 Å². The first-order valence-corrected chi connectivity index (χ1v) is 7.04. The summed E-state index contributed by atoms with van der Waals surface area (Å²) in [5.41, 5.74) is 5.42. The molecule has 0 aliphatic heterocycles. The fraction of sp³-hybridized carbons (Fsp3) is 0.158. The van der Waals surface area contributed by atoms with Gasteiger partial charge in [-0.1, -0.05) is 30.3 Å². The molecule has 3 aromatic rings. The van der Waals surface area contributed by atoms with Crippen LogP contribution < -0.4 is 0 Å². The summed E-state index contributed by atoms with van der Waals surface area (Å²) in [5.74, 6) is -0.0126. The van der Waals surface area contributed by atoms with Crippen molar-refractivity contribution in [1.29, 1.82) is 0 Å². The van der Waals surface area contributed by atoms with Crippen molar-refractivity contribution in [2.75, 3.05) is 0 Å². The van der Waals surface area contributed by atoms with Crippen LogP contribution in [-0.2, 0) is 0 Å². The molecule has 0 bridgehead atoms. The Balaban J connectivity index is 2.10. The van der Waals surface area contributed by atoms with Crippen molar-refractivity contribution in [1.82, 2.24) is 4.98 Å². The summed E-state index contributed by atoms with van der Waals surface area (Å²) in [5, 5.41) is 1.05. The Labute approximate surface area is 124 Å². The summed E-state index contributed by atoms with van der Waals surface area (Å²) in [6.45, 7) is 6.06. The maximum absolute atomic E-state index is 12.7. The molecule has 0 aliphatic carbocycles. The Morgan fingerprint density at radius 2 is 1.57 bits per heavy atom. The predicted molar refractivity (Wildman–Crippen MR) is 85.8 cm³/mol. The molecule has 0 aliphatic rings. The highest BCUT2D eigenvalue weighted by atomic mass is 16.1. The monoisotopic (exact) mass is 275 g/mol. The molecule has 0 atom stereocenters. The Morgan fingerprint density at radius 1 is 0.857 bits per heavy atom. The highest BCUT2D eigenvalue weighted by molar-refractivity contribution is 6.09. The molecular formula is C19H17NO. The molecule has 0 saturated carbocycles. The Hall–Kier alpha value is -2.48. The number of ketones is 1. The molecule has 104 valence electrons. The quantitative estimate of drug-likeness (QED) is 0.649. The molecule has 0 N–H and O–H groups in total. The van der Waals surface area contributed by atoms with Crippen LogP contribution in [0.25, 0.3) is 10.9 Å². The first-order valence-electron chi connectivity index (χ1n) is 7.04. The number of pyridine rings is 1. The van der Waals surface area contributed by atoms with Gasteiger partial charge in [-0.3, -0.25) is 4.79 Å². The number of para-hydroxylation sites is 1. The topological polar surface area (TPSA) is 30.0 Å². The van der Waals surface area contributed by atoms with Gasteiger partial charge < -0.3 is 0 Å². The second-order valence-corrected chi connectivity index (χ2v) is 5.47. The Morgan fingerprint density at radius 3 is 2.38 bits per heavy atom. The van der Waals surface area contributed by atoms with Crippen LogP contribution in [0.4, 0.5) is 0 Å². The van der Waals surface area contributed by atoms with Crippen molar-refractivity contribution >= 4 is 16.7 Å². The van der Waals surface area contributed by atoms with Crippen LogP contribution >= 0.6 is 0 Å². The molecule has 0 radical (unpaired) electrons. The standard InChI is InChI=1S/C19H17NO/c1-12-10-14(3)16(11-13(12)2)19(21)18-9-8-15-6-4-5-7-17(15)20-18/h4-11H,1-3H3. The van der Waals surface area contributed by atoms with E-state index in [2.05, 4.69) is 18.0 Å². The van der Waals surface area contributed by atoms with E-state index in [-0.39, 0.29) is 5.78 Å². The molecule has 0 spiro atoms. The molecular weight excluding hydrogens is 258 g/mol. The zero-order valence-corrected chi connectivity index (χ0v) is 12.5. The number of hydrogen-bond donors (Lipinski definition) is 0. The summed E-state index contributed by atoms with van der Waals surface area (Å²) in [6, 6.07) is 15.6. The summed E-state index contributed by atoms with van der Waals surface area (Å²) < 4.78 is 0. The maximum Gasteiger partial charge on any atom is 0.211 e. The molecule has 0 saturated heterocycles. The van der Waals surface area contributed by atoms with Gasteiger partial charge in [-0.05, 0) is 55.7 Å². The van der Waals surface area contributed by atoms with Crippen molar-refractivity contribution in [3.63, 3.8) is 0 Å². The third-order valence-corrected chi connectivity index (χ3v) is 3.92. The van der Waals surface area contributed by atoms with E-state index >= 15 is 0 Å². The zero-order valence-electron chi connectivity index (χ0n) is 12.5. The number of nitrogens with zero attached hydrogens (tertiary/aromatic N) is 1. The highest BCUT2D eigenvalue weighted by Crippen LogP contribution is 2.20. The third-order valence-electron chi connectivity index (χ3n) is 3.92. The van der Waals surface area contributed by atoms with E-state index in [4.69, 9.17) is 0 Å². The molecule has 0 unspecified atom stereocenters. The Bertz CT molecular complexity index is 849. The number of aromatic nitrogens is 1. The molecule has 0 amide bonds. The van der Waals surface area contributed by atoms with E-state index in [1.165, 1.54) is 5.56 Å². The van der Waals surface area contributed by atoms with Gasteiger partial charge in [-0.15, -0.1) is 0 Å². The molecule has 2 heteroatoms. The van der Waals surface area contributed by atoms with E-state index in [0.29, 0.717) is 5.69 Å². The number of carbonyl (C=O) groups excluding carboxylic acids is 1. The van der Waals surface area contributed by atoms with E-state index in [9.17, 15) is 4.79 Å². The minimum atomic E-state index is -0.0126. The first kappa shape index (κ1) is 13.5. The van der Waals surface area contributed by atoms with Crippen LogP contribution in [0.5, 0.6) is 0 Å². The minimum absolute atomic E-state index is 0.0126. The van der Waals surface area contributed by atoms with Crippen LogP contribution in [-0.4, -0.2) is 10.8 Å². The number of rotatable bonds is 2.